The molecule has 3 N–H and O–H groups in total. The minimum Gasteiger partial charge on any atom is -0.397 e. The predicted octanol–water partition coefficient (Wildman–Crippen LogP) is 1.07. The number of nitrogens with one attached hydrogen (secondary N) is 1. The maximum Gasteiger partial charge on any atom is 0.267 e. The van der Waals surface area contributed by atoms with Crippen molar-refractivity contribution in [3.05, 3.63) is 18.0 Å². The largest absolute Gasteiger partial charge is 0.397 e. The lowest BCUT2D eigenvalue weighted by atomic mass is 10.3. The number of nitrogen functional groups attached to an aromatic ring is 1. The summed E-state index contributed by atoms with van der Waals surface area (Å²) in [6.07, 6.45) is 2.68. The predicted molar refractivity (Wildman–Crippen MR) is 74.5 cm³/mol. The fourth-order valence-electron chi connectivity index (χ4n) is 1.69. The average molecular weight is 252 g/mol. The second-order valence-corrected chi connectivity index (χ2v) is 4.95. The van der Waals surface area contributed by atoms with Crippen molar-refractivity contribution in [2.24, 2.45) is 7.05 Å². The van der Waals surface area contributed by atoms with Crippen LogP contribution in [0.4, 0.5) is 5.69 Å². The Bertz CT molecular complexity index is 398. The first kappa shape index (κ1) is 14.6. The molecule has 0 fully saturated rings. The Morgan fingerprint density at radius 3 is 2.72 bits per heavy atom. The van der Waals surface area contributed by atoms with Crippen LogP contribution in [0.25, 0.3) is 0 Å². The van der Waals surface area contributed by atoms with Gasteiger partial charge in [-0.05, 0) is 39.9 Å². The molecule has 0 aliphatic heterocycles. The number of carbonyl (C=O) groups is 1. The van der Waals surface area contributed by atoms with Crippen molar-refractivity contribution >= 4 is 11.6 Å². The van der Waals surface area contributed by atoms with E-state index in [1.165, 1.54) is 0 Å². The summed E-state index contributed by atoms with van der Waals surface area (Å²) in [7, 11) is 3.90. The van der Waals surface area contributed by atoms with Gasteiger partial charge in [0.15, 0.2) is 0 Å². The second-order valence-electron chi connectivity index (χ2n) is 4.95. The van der Waals surface area contributed by atoms with Crippen molar-refractivity contribution in [3.8, 4) is 0 Å². The average Bonchev–Trinajstić information content (AvgIpc) is 2.63. The Balaban J connectivity index is 2.32. The third-order valence-corrected chi connectivity index (χ3v) is 3.11. The maximum atomic E-state index is 11.9. The van der Waals surface area contributed by atoms with Crippen LogP contribution in [0, 0.1) is 0 Å². The summed E-state index contributed by atoms with van der Waals surface area (Å²) in [6, 6.07) is 2.23. The molecule has 1 heterocycles. The summed E-state index contributed by atoms with van der Waals surface area (Å²) in [5.41, 5.74) is 6.85. The van der Waals surface area contributed by atoms with Gasteiger partial charge in [0, 0.05) is 25.8 Å². The zero-order valence-corrected chi connectivity index (χ0v) is 11.7. The molecule has 0 unspecified atom stereocenters. The van der Waals surface area contributed by atoms with Gasteiger partial charge in [-0.2, -0.15) is 0 Å². The number of aryl methyl sites for hydroxylation is 1. The van der Waals surface area contributed by atoms with Crippen LogP contribution in [0.3, 0.4) is 0 Å². The lowest BCUT2D eigenvalue weighted by molar-refractivity contribution is 0.0943. The highest BCUT2D eigenvalue weighted by Crippen LogP contribution is 2.08. The number of amides is 1. The van der Waals surface area contributed by atoms with Gasteiger partial charge in [0.25, 0.3) is 5.91 Å². The van der Waals surface area contributed by atoms with Gasteiger partial charge in [-0.3, -0.25) is 4.79 Å². The van der Waals surface area contributed by atoms with Gasteiger partial charge < -0.3 is 20.5 Å². The van der Waals surface area contributed by atoms with Crippen molar-refractivity contribution in [1.82, 2.24) is 14.8 Å². The molecule has 1 aromatic rings. The molecule has 0 aliphatic rings. The van der Waals surface area contributed by atoms with Crippen LogP contribution in [-0.4, -0.2) is 41.6 Å². The molecule has 0 atom stereocenters. The molecule has 0 aromatic carbocycles. The van der Waals surface area contributed by atoms with E-state index in [0.717, 1.165) is 13.0 Å². The molecule has 102 valence electrons. The van der Waals surface area contributed by atoms with Gasteiger partial charge in [0.05, 0.1) is 5.69 Å². The number of nitrogens with zero attached hydrogens (tertiary/aromatic N) is 2. The number of aromatic nitrogens is 1. The van der Waals surface area contributed by atoms with E-state index in [1.807, 2.05) is 7.05 Å². The van der Waals surface area contributed by atoms with Crippen LogP contribution in [-0.2, 0) is 7.05 Å². The van der Waals surface area contributed by atoms with Gasteiger partial charge in [-0.25, -0.2) is 0 Å². The Hall–Kier alpha value is -1.49. The van der Waals surface area contributed by atoms with Gasteiger partial charge in [-0.1, -0.05) is 0 Å². The van der Waals surface area contributed by atoms with Crippen molar-refractivity contribution in [3.63, 3.8) is 0 Å². The molecule has 1 rings (SSSR count). The van der Waals surface area contributed by atoms with E-state index in [4.69, 9.17) is 5.73 Å². The van der Waals surface area contributed by atoms with Crippen LogP contribution in [0.1, 0.15) is 30.8 Å². The van der Waals surface area contributed by atoms with Gasteiger partial charge in [0.1, 0.15) is 5.69 Å². The first-order valence-electron chi connectivity index (χ1n) is 6.32. The number of nitrogens with two attached hydrogens (primary N) is 1. The quantitative estimate of drug-likeness (QED) is 0.744. The number of anilines is 1. The molecule has 0 spiro atoms. The SMILES string of the molecule is CC(C)N(C)CCCNC(=O)c1cc(N)cn1C. The summed E-state index contributed by atoms with van der Waals surface area (Å²) >= 11 is 0. The van der Waals surface area contributed by atoms with Crippen LogP contribution < -0.4 is 11.1 Å². The third-order valence-electron chi connectivity index (χ3n) is 3.11. The highest BCUT2D eigenvalue weighted by molar-refractivity contribution is 5.93. The zero-order chi connectivity index (χ0) is 13.7. The van der Waals surface area contributed by atoms with Crippen LogP contribution in [0.15, 0.2) is 12.3 Å². The van der Waals surface area contributed by atoms with Crippen molar-refractivity contribution in [2.45, 2.75) is 26.3 Å². The normalized spacial score (nSPS) is 11.2. The van der Waals surface area contributed by atoms with Gasteiger partial charge >= 0.3 is 0 Å². The Morgan fingerprint density at radius 1 is 1.56 bits per heavy atom. The molecule has 0 radical (unpaired) electrons. The first-order chi connectivity index (χ1) is 8.41. The standard InChI is InChI=1S/C13H24N4O/c1-10(2)16(3)7-5-6-15-13(18)12-8-11(14)9-17(12)4/h8-10H,5-7,14H2,1-4H3,(H,15,18). The second kappa shape index (κ2) is 6.44. The van der Waals surface area contributed by atoms with E-state index in [9.17, 15) is 4.79 Å². The van der Waals surface area contributed by atoms with Crippen molar-refractivity contribution in [2.75, 3.05) is 25.9 Å². The Labute approximate surface area is 109 Å². The fraction of sp³-hybridized carbons (Fsp3) is 0.615. The van der Waals surface area contributed by atoms with Crippen LogP contribution >= 0.6 is 0 Å². The highest BCUT2D eigenvalue weighted by Gasteiger charge is 2.10. The lowest BCUT2D eigenvalue weighted by Crippen LogP contribution is -2.31. The van der Waals surface area contributed by atoms with E-state index in [0.29, 0.717) is 24.0 Å². The maximum absolute atomic E-state index is 11.9. The molecule has 0 aliphatic carbocycles. The summed E-state index contributed by atoms with van der Waals surface area (Å²) in [5.74, 6) is -0.0681. The number of carbonyl (C=O) groups excluding carboxylic acids is 1. The van der Waals surface area contributed by atoms with Gasteiger partial charge in [0.2, 0.25) is 0 Å². The van der Waals surface area contributed by atoms with Crippen LogP contribution in [0.5, 0.6) is 0 Å². The summed E-state index contributed by atoms with van der Waals surface area (Å²) < 4.78 is 1.74. The molecular weight excluding hydrogens is 228 g/mol. The van der Waals surface area contributed by atoms with Crippen molar-refractivity contribution in [1.29, 1.82) is 0 Å². The van der Waals surface area contributed by atoms with E-state index in [1.54, 1.807) is 16.8 Å². The molecule has 1 aromatic heterocycles. The Kier molecular flexibility index (Phi) is 5.22. The fourth-order valence-corrected chi connectivity index (χ4v) is 1.69. The number of rotatable bonds is 6. The van der Waals surface area contributed by atoms with E-state index in [2.05, 4.69) is 31.1 Å². The Morgan fingerprint density at radius 2 is 2.22 bits per heavy atom. The topological polar surface area (TPSA) is 63.3 Å². The minimum atomic E-state index is -0.0681. The molecule has 0 saturated heterocycles. The zero-order valence-electron chi connectivity index (χ0n) is 11.7. The highest BCUT2D eigenvalue weighted by atomic mass is 16.1. The smallest absolute Gasteiger partial charge is 0.267 e. The van der Waals surface area contributed by atoms with Crippen LogP contribution in [0.2, 0.25) is 0 Å². The molecule has 18 heavy (non-hydrogen) atoms. The molecule has 0 saturated carbocycles. The third kappa shape index (κ3) is 4.07. The van der Waals surface area contributed by atoms with E-state index in [-0.39, 0.29) is 5.91 Å². The van der Waals surface area contributed by atoms with E-state index >= 15 is 0 Å². The van der Waals surface area contributed by atoms with E-state index < -0.39 is 0 Å². The number of hydrogen-bond donors (Lipinski definition) is 2. The van der Waals surface area contributed by atoms with Gasteiger partial charge in [-0.15, -0.1) is 0 Å². The number of hydrogen-bond acceptors (Lipinski definition) is 3. The molecule has 5 nitrogen and oxygen atoms in total. The molecule has 1 amide bonds. The lowest BCUT2D eigenvalue weighted by Gasteiger charge is -2.20. The molecule has 5 heteroatoms. The first-order valence-corrected chi connectivity index (χ1v) is 6.32. The van der Waals surface area contributed by atoms with Crippen molar-refractivity contribution < 1.29 is 4.79 Å². The minimum absolute atomic E-state index is 0.0681. The summed E-state index contributed by atoms with van der Waals surface area (Å²) in [6.45, 7) is 5.98. The monoisotopic (exact) mass is 252 g/mol. The summed E-state index contributed by atoms with van der Waals surface area (Å²) in [5, 5.41) is 2.91. The molecule has 0 bridgehead atoms. The summed E-state index contributed by atoms with van der Waals surface area (Å²) in [4.78, 5) is 14.1. The molecular formula is C13H24N4O.